The van der Waals surface area contributed by atoms with Gasteiger partial charge in [-0.2, -0.15) is 0 Å². The summed E-state index contributed by atoms with van der Waals surface area (Å²) in [6.45, 7) is 0. The lowest BCUT2D eigenvalue weighted by Crippen LogP contribution is -2.25. The molecule has 0 spiro atoms. The molecule has 2 aromatic heterocycles. The highest BCUT2D eigenvalue weighted by Crippen LogP contribution is 2.45. The molecule has 0 radical (unpaired) electrons. The van der Waals surface area contributed by atoms with E-state index < -0.39 is 7.14 Å². The number of fused-ring (bicyclic) bond motifs is 4. The molecule has 0 aliphatic rings. The van der Waals surface area contributed by atoms with Crippen LogP contribution in [0.4, 0.5) is 0 Å². The molecule has 0 amide bonds. The second-order valence-electron chi connectivity index (χ2n) is 12.3. The molecule has 49 heavy (non-hydrogen) atoms. The van der Waals surface area contributed by atoms with Crippen molar-refractivity contribution in [3.63, 3.8) is 0 Å². The first-order valence-corrected chi connectivity index (χ1v) is 18.2. The predicted octanol–water partition coefficient (Wildman–Crippen LogP) is 10.3. The molecule has 1 unspecified atom stereocenters. The van der Waals surface area contributed by atoms with Crippen LogP contribution in [-0.2, 0) is 4.57 Å². The zero-order valence-electron chi connectivity index (χ0n) is 26.6. The second kappa shape index (κ2) is 11.9. The summed E-state index contributed by atoms with van der Waals surface area (Å²) >= 11 is 0. The normalized spacial score (nSPS) is 12.7. The maximum Gasteiger partial charge on any atom is 0.171 e. The molecule has 0 aliphatic heterocycles. The lowest BCUT2D eigenvalue weighted by Gasteiger charge is -2.21. The Morgan fingerprint density at radius 2 is 1.04 bits per heavy atom. The maximum absolute atomic E-state index is 16.0. The monoisotopic (exact) mass is 646 g/mol. The summed E-state index contributed by atoms with van der Waals surface area (Å²) in [6.07, 6.45) is 1.85. The van der Waals surface area contributed by atoms with Gasteiger partial charge in [-0.3, -0.25) is 4.98 Å². The molecule has 0 fully saturated rings. The molecular weight excluding hydrogens is 615 g/mol. The van der Waals surface area contributed by atoms with Crippen LogP contribution in [-0.4, -0.2) is 9.55 Å². The minimum Gasteiger partial charge on any atom is -0.309 e. The zero-order chi connectivity index (χ0) is 32.8. The first-order chi connectivity index (χ1) is 24.2. The van der Waals surface area contributed by atoms with Gasteiger partial charge in [-0.1, -0.05) is 127 Å². The van der Waals surface area contributed by atoms with Crippen molar-refractivity contribution < 1.29 is 4.57 Å². The van der Waals surface area contributed by atoms with Crippen molar-refractivity contribution in [1.82, 2.24) is 9.55 Å². The summed E-state index contributed by atoms with van der Waals surface area (Å²) < 4.78 is 18.3. The number of para-hydroxylation sites is 1. The van der Waals surface area contributed by atoms with Crippen LogP contribution in [0.25, 0.3) is 60.6 Å². The molecule has 1 atom stereocenters. The van der Waals surface area contributed by atoms with E-state index in [0.717, 1.165) is 76.6 Å². The van der Waals surface area contributed by atoms with E-state index >= 15 is 4.57 Å². The van der Waals surface area contributed by atoms with Crippen molar-refractivity contribution in [2.75, 3.05) is 0 Å². The highest BCUT2D eigenvalue weighted by Gasteiger charge is 2.31. The molecule has 3 nitrogen and oxygen atoms in total. The molecule has 7 aromatic carbocycles. The third-order valence-electron chi connectivity index (χ3n) is 9.51. The number of nitrogens with zero attached hydrogens (tertiary/aromatic N) is 2. The van der Waals surface area contributed by atoms with Gasteiger partial charge in [-0.15, -0.1) is 0 Å². The quantitative estimate of drug-likeness (QED) is 0.169. The fraction of sp³-hybridized carbons (Fsp3) is 0. The summed E-state index contributed by atoms with van der Waals surface area (Å²) in [5.74, 6) is 0. The largest absolute Gasteiger partial charge is 0.309 e. The lowest BCUT2D eigenvalue weighted by atomic mass is 10.0. The molecular formula is C45H31N2OP. The number of hydrogen-bond donors (Lipinski definition) is 0. The van der Waals surface area contributed by atoms with Gasteiger partial charge in [-0.05, 0) is 71.1 Å². The van der Waals surface area contributed by atoms with Gasteiger partial charge < -0.3 is 9.13 Å². The minimum atomic E-state index is -3.34. The first kappa shape index (κ1) is 29.1. The van der Waals surface area contributed by atoms with Gasteiger partial charge >= 0.3 is 0 Å². The Morgan fingerprint density at radius 1 is 0.429 bits per heavy atom. The molecule has 9 rings (SSSR count). The minimum absolute atomic E-state index is 0.780. The lowest BCUT2D eigenvalue weighted by molar-refractivity contribution is 0.592. The Balaban J connectivity index is 1.30. The van der Waals surface area contributed by atoms with E-state index in [1.165, 1.54) is 0 Å². The SMILES string of the molecule is O=P(c1ccccc1)(c1cccc(-c2nccc3ccccc23)c1)c1ccc2c(c1)c1cc(-c3ccccc3)ccc1n2-c1ccccc1. The molecule has 0 saturated heterocycles. The van der Waals surface area contributed by atoms with E-state index in [-0.39, 0.29) is 0 Å². The molecule has 0 N–H and O–H groups in total. The van der Waals surface area contributed by atoms with E-state index in [4.69, 9.17) is 4.98 Å². The Morgan fingerprint density at radius 3 is 1.84 bits per heavy atom. The number of aromatic nitrogens is 2. The Labute approximate surface area is 285 Å². The third-order valence-corrected chi connectivity index (χ3v) is 12.5. The van der Waals surface area contributed by atoms with Crippen LogP contribution in [0.5, 0.6) is 0 Å². The van der Waals surface area contributed by atoms with Crippen molar-refractivity contribution >= 4 is 55.6 Å². The number of benzene rings is 7. The third kappa shape index (κ3) is 4.90. The van der Waals surface area contributed by atoms with Gasteiger partial charge in [0.1, 0.15) is 0 Å². The van der Waals surface area contributed by atoms with Crippen LogP contribution in [0.2, 0.25) is 0 Å². The number of pyridine rings is 1. The van der Waals surface area contributed by atoms with E-state index in [1.807, 2.05) is 79.0 Å². The van der Waals surface area contributed by atoms with Crippen molar-refractivity contribution in [3.05, 3.63) is 188 Å². The topological polar surface area (TPSA) is 34.9 Å². The molecule has 9 aromatic rings. The summed E-state index contributed by atoms with van der Waals surface area (Å²) in [4.78, 5) is 4.79. The van der Waals surface area contributed by atoms with E-state index in [0.29, 0.717) is 0 Å². The molecule has 2 heterocycles. The summed E-state index contributed by atoms with van der Waals surface area (Å²) in [5, 5.41) is 6.76. The molecule has 0 aliphatic carbocycles. The molecule has 232 valence electrons. The average Bonchev–Trinajstić information content (AvgIpc) is 3.51. The van der Waals surface area contributed by atoms with Crippen LogP contribution >= 0.6 is 7.14 Å². The summed E-state index contributed by atoms with van der Waals surface area (Å²) in [5.41, 5.74) is 7.40. The van der Waals surface area contributed by atoms with Gasteiger partial charge in [0.15, 0.2) is 7.14 Å². The van der Waals surface area contributed by atoms with Gasteiger partial charge in [-0.25, -0.2) is 0 Å². The van der Waals surface area contributed by atoms with E-state index in [2.05, 4.69) is 114 Å². The highest BCUT2D eigenvalue weighted by atomic mass is 31.2. The van der Waals surface area contributed by atoms with Gasteiger partial charge in [0.25, 0.3) is 0 Å². The van der Waals surface area contributed by atoms with Crippen LogP contribution in [0.15, 0.2) is 188 Å². The fourth-order valence-corrected chi connectivity index (χ4v) is 9.86. The van der Waals surface area contributed by atoms with Gasteiger partial charge in [0.2, 0.25) is 0 Å². The van der Waals surface area contributed by atoms with Gasteiger partial charge in [0, 0.05) is 49.5 Å². The molecule has 0 bridgehead atoms. The Bertz CT molecular complexity index is 2680. The van der Waals surface area contributed by atoms with Crippen molar-refractivity contribution in [2.45, 2.75) is 0 Å². The van der Waals surface area contributed by atoms with E-state index in [9.17, 15) is 0 Å². The number of rotatable bonds is 6. The van der Waals surface area contributed by atoms with Crippen LogP contribution in [0, 0.1) is 0 Å². The van der Waals surface area contributed by atoms with Crippen molar-refractivity contribution in [1.29, 1.82) is 0 Å². The van der Waals surface area contributed by atoms with Crippen LogP contribution in [0.3, 0.4) is 0 Å². The Hall–Kier alpha value is -6.02. The molecule has 0 saturated carbocycles. The zero-order valence-corrected chi connectivity index (χ0v) is 27.5. The van der Waals surface area contributed by atoms with E-state index in [1.54, 1.807) is 0 Å². The second-order valence-corrected chi connectivity index (χ2v) is 15.1. The Kier molecular flexibility index (Phi) is 7.08. The fourth-order valence-electron chi connectivity index (χ4n) is 7.16. The predicted molar refractivity (Wildman–Crippen MR) is 206 cm³/mol. The van der Waals surface area contributed by atoms with Crippen molar-refractivity contribution in [3.8, 4) is 28.1 Å². The van der Waals surface area contributed by atoms with Crippen LogP contribution in [0.1, 0.15) is 0 Å². The van der Waals surface area contributed by atoms with Gasteiger partial charge in [0.05, 0.1) is 16.7 Å². The first-order valence-electron chi connectivity index (χ1n) is 16.5. The average molecular weight is 647 g/mol. The maximum atomic E-state index is 16.0. The smallest absolute Gasteiger partial charge is 0.171 e. The molecule has 4 heteroatoms. The van der Waals surface area contributed by atoms with Crippen molar-refractivity contribution in [2.24, 2.45) is 0 Å². The summed E-state index contributed by atoms with van der Waals surface area (Å²) in [7, 11) is -3.34. The standard InChI is InChI=1S/C45H31N2OP/c48-49(37-19-8-3-9-20-37,38-21-12-16-35(29-38)45-40-22-11-10-15-33(40)27-28-46-45)39-24-26-44-42(31-39)41-30-34(32-13-4-1-5-14-32)23-25-43(41)47(44)36-17-6-2-7-18-36/h1-31H. The summed E-state index contributed by atoms with van der Waals surface area (Å²) in [6, 6.07) is 62.4. The van der Waals surface area contributed by atoms with Crippen LogP contribution < -0.4 is 15.9 Å². The highest BCUT2D eigenvalue weighted by molar-refractivity contribution is 7.85. The number of hydrogen-bond acceptors (Lipinski definition) is 2.